The van der Waals surface area contributed by atoms with E-state index >= 15 is 4.39 Å². The molecule has 0 saturated carbocycles. The smallest absolute Gasteiger partial charge is 0.264 e. The van der Waals surface area contributed by atoms with Gasteiger partial charge in [0.05, 0.1) is 31.2 Å². The summed E-state index contributed by atoms with van der Waals surface area (Å²) in [5.74, 6) is -3.76. The molecule has 11 nitrogen and oxygen atoms in total. The van der Waals surface area contributed by atoms with Gasteiger partial charge in [0, 0.05) is 36.8 Å². The molecule has 47 heavy (non-hydrogen) atoms. The molecular formula is C33H33F3N8O3. The lowest BCUT2D eigenvalue weighted by molar-refractivity contribution is -0.127. The van der Waals surface area contributed by atoms with Crippen LogP contribution in [-0.4, -0.2) is 79.9 Å². The zero-order chi connectivity index (χ0) is 33.3. The third kappa shape index (κ3) is 6.36. The van der Waals surface area contributed by atoms with E-state index in [0.717, 1.165) is 18.6 Å². The van der Waals surface area contributed by atoms with Gasteiger partial charge in [-0.15, -0.1) is 0 Å². The van der Waals surface area contributed by atoms with Crippen molar-refractivity contribution in [3.05, 3.63) is 71.8 Å². The molecule has 2 saturated heterocycles. The standard InChI is InChI=1S/C33H33F3N8O3/c1-33(2,42-11-13-46-14-12-42)16-20(17-37)32(45)43-10-4-5-21(43)18-44-31-27(30(38)39-19-40-31)29(41-44)23-9-8-22(15-25(23)35)47-26-7-3-6-24(34)28(26)36/h3,6-9,15-16,19,21H,4-5,10-14,18H2,1-2H3,(H2,38,39,40). The van der Waals surface area contributed by atoms with Crippen LogP contribution in [0, 0.1) is 28.8 Å². The summed E-state index contributed by atoms with van der Waals surface area (Å²) in [5, 5.41) is 15.0. The van der Waals surface area contributed by atoms with Gasteiger partial charge in [0.25, 0.3) is 5.91 Å². The number of nitrogens with zero attached hydrogens (tertiary/aromatic N) is 7. The Labute approximate surface area is 269 Å². The molecule has 2 aliphatic rings. The van der Waals surface area contributed by atoms with Crippen LogP contribution < -0.4 is 10.5 Å². The van der Waals surface area contributed by atoms with Crippen LogP contribution >= 0.6 is 0 Å². The summed E-state index contributed by atoms with van der Waals surface area (Å²) in [6.07, 6.45) is 4.39. The van der Waals surface area contributed by atoms with Crippen molar-refractivity contribution in [3.63, 3.8) is 0 Å². The Balaban J connectivity index is 1.28. The molecule has 1 unspecified atom stereocenters. The molecule has 2 N–H and O–H groups in total. The first-order valence-corrected chi connectivity index (χ1v) is 15.2. The fraction of sp³-hybridized carbons (Fsp3) is 0.364. The van der Waals surface area contributed by atoms with Gasteiger partial charge >= 0.3 is 0 Å². The molecule has 0 spiro atoms. The number of anilines is 1. The molecule has 6 rings (SSSR count). The summed E-state index contributed by atoms with van der Waals surface area (Å²) >= 11 is 0. The summed E-state index contributed by atoms with van der Waals surface area (Å²) in [7, 11) is 0. The number of hydrogen-bond donors (Lipinski definition) is 1. The number of ether oxygens (including phenoxy) is 2. The topological polar surface area (TPSA) is 135 Å². The number of amides is 1. The monoisotopic (exact) mass is 646 g/mol. The van der Waals surface area contributed by atoms with E-state index in [1.54, 1.807) is 15.7 Å². The maximum Gasteiger partial charge on any atom is 0.264 e. The van der Waals surface area contributed by atoms with Gasteiger partial charge in [-0.25, -0.2) is 23.4 Å². The normalized spacial score (nSPS) is 17.7. The number of benzene rings is 2. The molecule has 4 aromatic rings. The summed E-state index contributed by atoms with van der Waals surface area (Å²) < 4.78 is 55.8. The number of nitrogen functional groups attached to an aromatic ring is 1. The van der Waals surface area contributed by atoms with Gasteiger partial charge < -0.3 is 20.1 Å². The number of morpholine rings is 1. The summed E-state index contributed by atoms with van der Waals surface area (Å²) in [6, 6.07) is 9.09. The highest BCUT2D eigenvalue weighted by molar-refractivity contribution is 5.99. The fourth-order valence-electron chi connectivity index (χ4n) is 6.16. The van der Waals surface area contributed by atoms with Crippen molar-refractivity contribution in [2.75, 3.05) is 38.6 Å². The van der Waals surface area contributed by atoms with Gasteiger partial charge in [-0.2, -0.15) is 14.8 Å². The number of likely N-dealkylation sites (tertiary alicyclic amines) is 1. The predicted octanol–water partition coefficient (Wildman–Crippen LogP) is 4.84. The van der Waals surface area contributed by atoms with E-state index in [-0.39, 0.29) is 52.6 Å². The van der Waals surface area contributed by atoms with E-state index in [4.69, 9.17) is 15.2 Å². The third-order valence-corrected chi connectivity index (χ3v) is 8.59. The first-order valence-electron chi connectivity index (χ1n) is 15.2. The molecule has 14 heteroatoms. The molecule has 0 aliphatic carbocycles. The lowest BCUT2D eigenvalue weighted by Gasteiger charge is -2.39. The van der Waals surface area contributed by atoms with Gasteiger partial charge in [-0.1, -0.05) is 6.07 Å². The van der Waals surface area contributed by atoms with Crippen LogP contribution in [0.3, 0.4) is 0 Å². The largest absolute Gasteiger partial charge is 0.454 e. The second kappa shape index (κ2) is 13.0. The molecule has 1 atom stereocenters. The van der Waals surface area contributed by atoms with Crippen molar-refractivity contribution in [1.29, 1.82) is 5.26 Å². The average molecular weight is 647 g/mol. The number of nitriles is 1. The predicted molar refractivity (Wildman–Crippen MR) is 166 cm³/mol. The van der Waals surface area contributed by atoms with E-state index in [1.807, 2.05) is 13.8 Å². The van der Waals surface area contributed by atoms with Crippen LogP contribution in [0.5, 0.6) is 11.5 Å². The van der Waals surface area contributed by atoms with Gasteiger partial charge in [0.1, 0.15) is 41.0 Å². The molecule has 2 aliphatic heterocycles. The maximum absolute atomic E-state index is 15.6. The summed E-state index contributed by atoms with van der Waals surface area (Å²) in [4.78, 5) is 26.1. The summed E-state index contributed by atoms with van der Waals surface area (Å²) in [5.41, 5.74) is 6.34. The van der Waals surface area contributed by atoms with Crippen molar-refractivity contribution in [2.45, 2.75) is 44.8 Å². The molecule has 244 valence electrons. The van der Waals surface area contributed by atoms with Gasteiger partial charge in [-0.05, 0) is 57.0 Å². The van der Waals surface area contributed by atoms with Gasteiger partial charge in [0.2, 0.25) is 5.82 Å². The number of rotatable bonds is 8. The van der Waals surface area contributed by atoms with Crippen molar-refractivity contribution in [3.8, 4) is 28.8 Å². The minimum Gasteiger partial charge on any atom is -0.454 e. The Kier molecular flexibility index (Phi) is 8.85. The number of halogens is 3. The molecule has 0 radical (unpaired) electrons. The lowest BCUT2D eigenvalue weighted by atomic mass is 9.97. The Hall–Kier alpha value is -5.00. The van der Waals surface area contributed by atoms with E-state index in [0.29, 0.717) is 50.3 Å². The summed E-state index contributed by atoms with van der Waals surface area (Å²) in [6.45, 7) is 7.21. The molecule has 2 fully saturated rings. The quantitative estimate of drug-likeness (QED) is 0.211. The van der Waals surface area contributed by atoms with E-state index in [9.17, 15) is 18.8 Å². The highest BCUT2D eigenvalue weighted by Gasteiger charge is 2.34. The lowest BCUT2D eigenvalue weighted by Crippen LogP contribution is -2.49. The first kappa shape index (κ1) is 32.0. The van der Waals surface area contributed by atoms with E-state index in [1.165, 1.54) is 30.6 Å². The average Bonchev–Trinajstić information content (AvgIpc) is 3.68. The van der Waals surface area contributed by atoms with Gasteiger partial charge in [-0.3, -0.25) is 9.69 Å². The highest BCUT2D eigenvalue weighted by atomic mass is 19.2. The zero-order valence-electron chi connectivity index (χ0n) is 25.9. The Bertz CT molecular complexity index is 1900. The minimum absolute atomic E-state index is 0.0537. The van der Waals surface area contributed by atoms with E-state index < -0.39 is 23.0 Å². The molecule has 1 amide bonds. The Morgan fingerprint density at radius 3 is 2.68 bits per heavy atom. The minimum atomic E-state index is -1.19. The van der Waals surface area contributed by atoms with Crippen LogP contribution in [0.15, 0.2) is 54.4 Å². The van der Waals surface area contributed by atoms with Crippen molar-refractivity contribution in [2.24, 2.45) is 0 Å². The van der Waals surface area contributed by atoms with Crippen LogP contribution in [-0.2, 0) is 16.1 Å². The zero-order valence-corrected chi connectivity index (χ0v) is 25.9. The van der Waals surface area contributed by atoms with E-state index in [2.05, 4.69) is 26.0 Å². The SMILES string of the molecule is CC(C)(C=C(C#N)C(=O)N1CCCC1Cn1nc(-c2ccc(Oc3cccc(F)c3F)cc2F)c2c(N)ncnc21)N1CCOCC1. The number of nitrogens with two attached hydrogens (primary N) is 1. The van der Waals surface area contributed by atoms with Crippen LogP contribution in [0.25, 0.3) is 22.3 Å². The number of carbonyl (C=O) groups is 1. The van der Waals surface area contributed by atoms with Crippen molar-refractivity contribution < 1.29 is 27.4 Å². The molecule has 2 aromatic heterocycles. The second-order valence-corrected chi connectivity index (χ2v) is 12.0. The number of fused-ring (bicyclic) bond motifs is 1. The molecule has 0 bridgehead atoms. The fourth-order valence-corrected chi connectivity index (χ4v) is 6.16. The van der Waals surface area contributed by atoms with Gasteiger partial charge in [0.15, 0.2) is 17.2 Å². The second-order valence-electron chi connectivity index (χ2n) is 12.0. The molecule has 2 aromatic carbocycles. The maximum atomic E-state index is 15.6. The first-order chi connectivity index (χ1) is 22.6. The van der Waals surface area contributed by atoms with Crippen LogP contribution in [0.2, 0.25) is 0 Å². The number of hydrogen-bond acceptors (Lipinski definition) is 9. The number of aromatic nitrogens is 4. The molecule has 4 heterocycles. The Morgan fingerprint density at radius 1 is 1.15 bits per heavy atom. The highest BCUT2D eigenvalue weighted by Crippen LogP contribution is 2.35. The van der Waals surface area contributed by atoms with Crippen LogP contribution in [0.1, 0.15) is 26.7 Å². The van der Waals surface area contributed by atoms with Crippen molar-refractivity contribution >= 4 is 22.8 Å². The number of carbonyl (C=O) groups excluding carboxylic acids is 1. The van der Waals surface area contributed by atoms with Crippen molar-refractivity contribution in [1.82, 2.24) is 29.5 Å². The Morgan fingerprint density at radius 2 is 1.94 bits per heavy atom. The third-order valence-electron chi connectivity index (χ3n) is 8.59. The molecular weight excluding hydrogens is 613 g/mol. The van der Waals surface area contributed by atoms with Crippen LogP contribution in [0.4, 0.5) is 19.0 Å².